The SMILES string of the molecule is Cc1cnc(NCC2COCCN2)c(Br)c1. The Morgan fingerprint density at radius 2 is 2.56 bits per heavy atom. The van der Waals surface area contributed by atoms with Crippen LogP contribution < -0.4 is 10.6 Å². The highest BCUT2D eigenvalue weighted by molar-refractivity contribution is 9.10. The van der Waals surface area contributed by atoms with Crippen molar-refractivity contribution in [3.8, 4) is 0 Å². The first kappa shape index (κ1) is 11.8. The molecule has 2 heterocycles. The van der Waals surface area contributed by atoms with E-state index in [1.54, 1.807) is 0 Å². The average Bonchev–Trinajstić information content (AvgIpc) is 2.29. The Labute approximate surface area is 104 Å². The van der Waals surface area contributed by atoms with Crippen molar-refractivity contribution in [3.05, 3.63) is 22.3 Å². The molecule has 16 heavy (non-hydrogen) atoms. The largest absolute Gasteiger partial charge is 0.378 e. The number of anilines is 1. The van der Waals surface area contributed by atoms with E-state index in [2.05, 4.69) is 37.6 Å². The van der Waals surface area contributed by atoms with Crippen LogP contribution in [0.15, 0.2) is 16.7 Å². The van der Waals surface area contributed by atoms with Gasteiger partial charge in [-0.2, -0.15) is 0 Å². The van der Waals surface area contributed by atoms with Gasteiger partial charge in [0.05, 0.1) is 17.7 Å². The highest BCUT2D eigenvalue weighted by Crippen LogP contribution is 2.20. The van der Waals surface area contributed by atoms with Crippen molar-refractivity contribution >= 4 is 21.7 Å². The van der Waals surface area contributed by atoms with E-state index in [4.69, 9.17) is 4.74 Å². The standard InChI is InChI=1S/C11H16BrN3O/c1-8-4-10(12)11(14-5-8)15-6-9-7-16-3-2-13-9/h4-5,9,13H,2-3,6-7H2,1H3,(H,14,15). The third-order valence-electron chi connectivity index (χ3n) is 2.49. The molecule has 1 aromatic rings. The predicted molar refractivity (Wildman–Crippen MR) is 67.8 cm³/mol. The molecule has 1 atom stereocenters. The highest BCUT2D eigenvalue weighted by Gasteiger charge is 2.13. The molecule has 88 valence electrons. The molecular formula is C11H16BrN3O. The maximum Gasteiger partial charge on any atom is 0.140 e. The van der Waals surface area contributed by atoms with Gasteiger partial charge in [0.15, 0.2) is 0 Å². The third kappa shape index (κ3) is 3.17. The Kier molecular flexibility index (Phi) is 4.15. The number of aromatic nitrogens is 1. The molecule has 0 aromatic carbocycles. The van der Waals surface area contributed by atoms with Crippen LogP contribution in [0, 0.1) is 6.92 Å². The number of nitrogens with one attached hydrogen (secondary N) is 2. The Morgan fingerprint density at radius 3 is 3.25 bits per heavy atom. The highest BCUT2D eigenvalue weighted by atomic mass is 79.9. The summed E-state index contributed by atoms with van der Waals surface area (Å²) in [6.45, 7) is 5.35. The summed E-state index contributed by atoms with van der Waals surface area (Å²) in [4.78, 5) is 4.34. The van der Waals surface area contributed by atoms with Gasteiger partial charge >= 0.3 is 0 Å². The average molecular weight is 286 g/mol. The van der Waals surface area contributed by atoms with Gasteiger partial charge in [0, 0.05) is 25.3 Å². The summed E-state index contributed by atoms with van der Waals surface area (Å²) < 4.78 is 6.39. The van der Waals surface area contributed by atoms with Gasteiger partial charge in [0.1, 0.15) is 5.82 Å². The lowest BCUT2D eigenvalue weighted by Crippen LogP contribution is -2.45. The van der Waals surface area contributed by atoms with Gasteiger partial charge in [-0.15, -0.1) is 0 Å². The topological polar surface area (TPSA) is 46.2 Å². The van der Waals surface area contributed by atoms with Crippen LogP contribution in [0.1, 0.15) is 5.56 Å². The lowest BCUT2D eigenvalue weighted by molar-refractivity contribution is 0.0806. The number of ether oxygens (including phenoxy) is 1. The molecule has 4 nitrogen and oxygen atoms in total. The molecule has 0 saturated carbocycles. The zero-order valence-electron chi connectivity index (χ0n) is 9.29. The summed E-state index contributed by atoms with van der Waals surface area (Å²) in [5.74, 6) is 0.887. The Morgan fingerprint density at radius 1 is 1.69 bits per heavy atom. The van der Waals surface area contributed by atoms with Crippen molar-refractivity contribution in [3.63, 3.8) is 0 Å². The molecule has 1 aliphatic heterocycles. The number of hydrogen-bond acceptors (Lipinski definition) is 4. The second-order valence-corrected chi connectivity index (χ2v) is 4.80. The van der Waals surface area contributed by atoms with E-state index in [-0.39, 0.29) is 0 Å². The van der Waals surface area contributed by atoms with Gasteiger partial charge in [0.25, 0.3) is 0 Å². The first-order valence-electron chi connectivity index (χ1n) is 5.43. The van der Waals surface area contributed by atoms with Crippen molar-refractivity contribution in [2.24, 2.45) is 0 Å². The molecular weight excluding hydrogens is 270 g/mol. The zero-order chi connectivity index (χ0) is 11.4. The van der Waals surface area contributed by atoms with E-state index in [1.807, 2.05) is 13.1 Å². The predicted octanol–water partition coefficient (Wildman–Crippen LogP) is 1.55. The Balaban J connectivity index is 1.88. The van der Waals surface area contributed by atoms with Gasteiger partial charge in [-0.25, -0.2) is 4.98 Å². The van der Waals surface area contributed by atoms with Crippen LogP contribution in [-0.2, 0) is 4.74 Å². The van der Waals surface area contributed by atoms with Gasteiger partial charge in [-0.05, 0) is 34.5 Å². The molecule has 5 heteroatoms. The molecule has 0 bridgehead atoms. The van der Waals surface area contributed by atoms with Crippen LogP contribution in [0.25, 0.3) is 0 Å². The van der Waals surface area contributed by atoms with E-state index in [1.165, 1.54) is 0 Å². The van der Waals surface area contributed by atoms with E-state index in [0.717, 1.165) is 42.2 Å². The van der Waals surface area contributed by atoms with E-state index in [9.17, 15) is 0 Å². The number of pyridine rings is 1. The van der Waals surface area contributed by atoms with Gasteiger partial charge in [0.2, 0.25) is 0 Å². The molecule has 2 N–H and O–H groups in total. The summed E-state index contributed by atoms with van der Waals surface area (Å²) in [5.41, 5.74) is 1.15. The molecule has 1 aliphatic rings. The summed E-state index contributed by atoms with van der Waals surface area (Å²) in [6, 6.07) is 2.42. The molecule has 1 aromatic heterocycles. The number of morpholine rings is 1. The molecule has 1 saturated heterocycles. The lowest BCUT2D eigenvalue weighted by atomic mass is 10.2. The second-order valence-electron chi connectivity index (χ2n) is 3.95. The van der Waals surface area contributed by atoms with Gasteiger partial charge in [-0.1, -0.05) is 0 Å². The molecule has 1 unspecified atom stereocenters. The van der Waals surface area contributed by atoms with Crippen LogP contribution in [0.4, 0.5) is 5.82 Å². The summed E-state index contributed by atoms with van der Waals surface area (Å²) in [6.07, 6.45) is 1.86. The summed E-state index contributed by atoms with van der Waals surface area (Å²) in [7, 11) is 0. The molecule has 0 spiro atoms. The van der Waals surface area contributed by atoms with Crippen LogP contribution >= 0.6 is 15.9 Å². The van der Waals surface area contributed by atoms with E-state index < -0.39 is 0 Å². The van der Waals surface area contributed by atoms with Crippen LogP contribution in [0.3, 0.4) is 0 Å². The minimum absolute atomic E-state index is 0.365. The molecule has 2 rings (SSSR count). The molecule has 1 fully saturated rings. The van der Waals surface area contributed by atoms with Crippen molar-refractivity contribution in [2.75, 3.05) is 31.6 Å². The first-order chi connectivity index (χ1) is 7.75. The molecule has 0 aliphatic carbocycles. The minimum Gasteiger partial charge on any atom is -0.378 e. The number of nitrogens with zero attached hydrogens (tertiary/aromatic N) is 1. The number of halogens is 1. The van der Waals surface area contributed by atoms with Crippen LogP contribution in [0.2, 0.25) is 0 Å². The van der Waals surface area contributed by atoms with E-state index >= 15 is 0 Å². The monoisotopic (exact) mass is 285 g/mol. The molecule has 0 amide bonds. The Bertz CT molecular complexity index is 353. The third-order valence-corrected chi connectivity index (χ3v) is 3.10. The Hall–Kier alpha value is -0.650. The smallest absolute Gasteiger partial charge is 0.140 e. The number of aryl methyl sites for hydroxylation is 1. The van der Waals surface area contributed by atoms with Crippen molar-refractivity contribution < 1.29 is 4.74 Å². The zero-order valence-corrected chi connectivity index (χ0v) is 10.9. The van der Waals surface area contributed by atoms with Gasteiger partial charge in [-0.3, -0.25) is 0 Å². The van der Waals surface area contributed by atoms with Crippen molar-refractivity contribution in [1.82, 2.24) is 10.3 Å². The van der Waals surface area contributed by atoms with Gasteiger partial charge < -0.3 is 15.4 Å². The number of hydrogen-bond donors (Lipinski definition) is 2. The fraction of sp³-hybridized carbons (Fsp3) is 0.545. The van der Waals surface area contributed by atoms with Crippen LogP contribution in [-0.4, -0.2) is 37.3 Å². The summed E-state index contributed by atoms with van der Waals surface area (Å²) in [5, 5.41) is 6.70. The lowest BCUT2D eigenvalue weighted by Gasteiger charge is -2.24. The maximum absolute atomic E-state index is 5.39. The van der Waals surface area contributed by atoms with Crippen LogP contribution in [0.5, 0.6) is 0 Å². The normalized spacial score (nSPS) is 20.8. The fourth-order valence-corrected chi connectivity index (χ4v) is 2.24. The summed E-state index contributed by atoms with van der Waals surface area (Å²) >= 11 is 3.50. The quantitative estimate of drug-likeness (QED) is 0.885. The van der Waals surface area contributed by atoms with Crippen molar-refractivity contribution in [1.29, 1.82) is 0 Å². The first-order valence-corrected chi connectivity index (χ1v) is 6.22. The maximum atomic E-state index is 5.39. The number of rotatable bonds is 3. The van der Waals surface area contributed by atoms with E-state index in [0.29, 0.717) is 6.04 Å². The second kappa shape index (κ2) is 5.61. The molecule has 0 radical (unpaired) electrons. The minimum atomic E-state index is 0.365. The fourth-order valence-electron chi connectivity index (χ4n) is 1.63. The van der Waals surface area contributed by atoms with Crippen molar-refractivity contribution in [2.45, 2.75) is 13.0 Å².